The molecule has 4 heteroatoms. The fourth-order valence-corrected chi connectivity index (χ4v) is 1.80. The number of phenolic OH excluding ortho intramolecular Hbond substituents is 1. The Morgan fingerprint density at radius 1 is 1.12 bits per heavy atom. The van der Waals surface area contributed by atoms with Crippen molar-refractivity contribution in [1.82, 2.24) is 9.38 Å². The van der Waals surface area contributed by atoms with Gasteiger partial charge in [0.1, 0.15) is 11.4 Å². The molecule has 0 unspecified atom stereocenters. The molecule has 84 valence electrons. The Bertz CT molecular complexity index is 723. The molecule has 3 aromatic rings. The van der Waals surface area contributed by atoms with Gasteiger partial charge < -0.3 is 14.5 Å². The molecule has 0 radical (unpaired) electrons. The third-order valence-corrected chi connectivity index (χ3v) is 2.67. The van der Waals surface area contributed by atoms with E-state index in [1.807, 2.05) is 22.7 Å². The Kier molecular flexibility index (Phi) is 2.01. The maximum atomic E-state index is 11.2. The fourth-order valence-electron chi connectivity index (χ4n) is 1.80. The minimum absolute atomic E-state index is 0.0240. The van der Waals surface area contributed by atoms with Crippen LogP contribution in [0.2, 0.25) is 0 Å². The first-order chi connectivity index (χ1) is 8.22. The molecule has 0 bridgehead atoms. The molecule has 17 heavy (non-hydrogen) atoms. The van der Waals surface area contributed by atoms with Crippen molar-refractivity contribution in [2.24, 2.45) is 0 Å². The zero-order valence-electron chi connectivity index (χ0n) is 8.92. The van der Waals surface area contributed by atoms with E-state index in [2.05, 4.69) is 4.98 Å². The van der Waals surface area contributed by atoms with Gasteiger partial charge in [0.2, 0.25) is 0 Å². The van der Waals surface area contributed by atoms with Crippen molar-refractivity contribution >= 4 is 5.65 Å². The SMILES string of the molecule is O=c1ccn2cc(-c3ccc(O)cc3)[nH]c2c1. The van der Waals surface area contributed by atoms with Crippen LogP contribution in [0, 0.1) is 0 Å². The van der Waals surface area contributed by atoms with E-state index in [0.717, 1.165) is 16.9 Å². The lowest BCUT2D eigenvalue weighted by Crippen LogP contribution is -1.97. The number of phenols is 1. The summed E-state index contributed by atoms with van der Waals surface area (Å²) in [5.74, 6) is 0.236. The van der Waals surface area contributed by atoms with E-state index < -0.39 is 0 Å². The quantitative estimate of drug-likeness (QED) is 0.666. The monoisotopic (exact) mass is 226 g/mol. The van der Waals surface area contributed by atoms with Crippen LogP contribution in [0.25, 0.3) is 16.9 Å². The van der Waals surface area contributed by atoms with E-state index in [1.165, 1.54) is 6.07 Å². The smallest absolute Gasteiger partial charge is 0.183 e. The Hall–Kier alpha value is -2.49. The summed E-state index contributed by atoms with van der Waals surface area (Å²) in [5.41, 5.74) is 2.58. The molecule has 0 aliphatic rings. The van der Waals surface area contributed by atoms with Gasteiger partial charge in [0.15, 0.2) is 5.43 Å². The number of nitrogens with zero attached hydrogens (tertiary/aromatic N) is 1. The Balaban J connectivity index is 2.17. The number of benzene rings is 1. The van der Waals surface area contributed by atoms with Crippen molar-refractivity contribution in [3.63, 3.8) is 0 Å². The summed E-state index contributed by atoms with van der Waals surface area (Å²) < 4.78 is 1.85. The predicted octanol–water partition coefficient (Wildman–Crippen LogP) is 2.00. The van der Waals surface area contributed by atoms with Gasteiger partial charge in [-0.1, -0.05) is 0 Å². The first-order valence-corrected chi connectivity index (χ1v) is 5.23. The predicted molar refractivity (Wildman–Crippen MR) is 65.1 cm³/mol. The molecule has 2 aromatic heterocycles. The number of rotatable bonds is 1. The molecule has 0 saturated carbocycles. The van der Waals surface area contributed by atoms with Crippen molar-refractivity contribution in [3.8, 4) is 17.0 Å². The Labute approximate surface area is 96.8 Å². The van der Waals surface area contributed by atoms with Crippen LogP contribution in [0.15, 0.2) is 53.6 Å². The maximum absolute atomic E-state index is 11.2. The maximum Gasteiger partial charge on any atom is 0.183 e. The number of pyridine rings is 1. The van der Waals surface area contributed by atoms with Gasteiger partial charge in [-0.25, -0.2) is 0 Å². The third kappa shape index (κ3) is 1.69. The second-order valence-electron chi connectivity index (χ2n) is 3.87. The molecule has 0 amide bonds. The Morgan fingerprint density at radius 2 is 1.88 bits per heavy atom. The van der Waals surface area contributed by atoms with Crippen molar-refractivity contribution in [2.45, 2.75) is 0 Å². The number of imidazole rings is 1. The van der Waals surface area contributed by atoms with Crippen LogP contribution in [0.5, 0.6) is 5.75 Å². The number of fused-ring (bicyclic) bond motifs is 1. The molecular formula is C13H10N2O2. The normalized spacial score (nSPS) is 10.8. The zero-order chi connectivity index (χ0) is 11.8. The molecular weight excluding hydrogens is 216 g/mol. The standard InChI is InChI=1S/C13H10N2O2/c16-10-3-1-9(2-4-10)12-8-15-6-5-11(17)7-13(15)14-12/h1-8,14,16H. The lowest BCUT2D eigenvalue weighted by atomic mass is 10.2. The van der Waals surface area contributed by atoms with Crippen LogP contribution < -0.4 is 5.43 Å². The summed E-state index contributed by atoms with van der Waals surface area (Å²) in [5, 5.41) is 9.22. The average molecular weight is 226 g/mol. The molecule has 0 aliphatic carbocycles. The van der Waals surface area contributed by atoms with Crippen LogP contribution in [-0.4, -0.2) is 14.5 Å². The summed E-state index contributed by atoms with van der Waals surface area (Å²) in [6.45, 7) is 0. The number of nitrogens with one attached hydrogen (secondary N) is 1. The number of aromatic nitrogens is 2. The topological polar surface area (TPSA) is 57.5 Å². The Morgan fingerprint density at radius 3 is 2.65 bits per heavy atom. The second kappa shape index (κ2) is 3.52. The molecule has 0 atom stereocenters. The molecule has 3 rings (SSSR count). The molecule has 2 heterocycles. The zero-order valence-corrected chi connectivity index (χ0v) is 8.92. The van der Waals surface area contributed by atoms with Gasteiger partial charge in [0.25, 0.3) is 0 Å². The third-order valence-electron chi connectivity index (χ3n) is 2.67. The van der Waals surface area contributed by atoms with Crippen molar-refractivity contribution in [3.05, 3.63) is 59.0 Å². The second-order valence-corrected chi connectivity index (χ2v) is 3.87. The average Bonchev–Trinajstić information content (AvgIpc) is 2.72. The lowest BCUT2D eigenvalue weighted by molar-refractivity contribution is 0.475. The van der Waals surface area contributed by atoms with Crippen molar-refractivity contribution in [2.75, 3.05) is 0 Å². The fraction of sp³-hybridized carbons (Fsp3) is 0. The van der Waals surface area contributed by atoms with E-state index >= 15 is 0 Å². The summed E-state index contributed by atoms with van der Waals surface area (Å²) in [6, 6.07) is 9.96. The largest absolute Gasteiger partial charge is 0.508 e. The summed E-state index contributed by atoms with van der Waals surface area (Å²) in [7, 11) is 0. The van der Waals surface area contributed by atoms with Gasteiger partial charge in [0.05, 0.1) is 5.69 Å². The van der Waals surface area contributed by atoms with Crippen LogP contribution >= 0.6 is 0 Å². The molecule has 4 nitrogen and oxygen atoms in total. The van der Waals surface area contributed by atoms with E-state index in [-0.39, 0.29) is 11.2 Å². The highest BCUT2D eigenvalue weighted by Crippen LogP contribution is 2.20. The minimum atomic E-state index is -0.0240. The van der Waals surface area contributed by atoms with Gasteiger partial charge in [0, 0.05) is 24.5 Å². The van der Waals surface area contributed by atoms with E-state index in [1.54, 1.807) is 24.4 Å². The van der Waals surface area contributed by atoms with Gasteiger partial charge in [-0.3, -0.25) is 4.79 Å². The van der Waals surface area contributed by atoms with Gasteiger partial charge in [-0.05, 0) is 29.8 Å². The van der Waals surface area contributed by atoms with Gasteiger partial charge >= 0.3 is 0 Å². The molecule has 1 aromatic carbocycles. The van der Waals surface area contributed by atoms with E-state index in [4.69, 9.17) is 0 Å². The highest BCUT2D eigenvalue weighted by atomic mass is 16.3. The highest BCUT2D eigenvalue weighted by molar-refractivity contribution is 5.63. The lowest BCUT2D eigenvalue weighted by Gasteiger charge is -1.96. The van der Waals surface area contributed by atoms with Crippen LogP contribution in [0.4, 0.5) is 0 Å². The van der Waals surface area contributed by atoms with Crippen molar-refractivity contribution < 1.29 is 5.11 Å². The summed E-state index contributed by atoms with van der Waals surface area (Å²) >= 11 is 0. The summed E-state index contributed by atoms with van der Waals surface area (Å²) in [4.78, 5) is 14.4. The number of hydrogen-bond donors (Lipinski definition) is 2. The molecule has 0 aliphatic heterocycles. The van der Waals surface area contributed by atoms with E-state index in [9.17, 15) is 9.90 Å². The molecule has 0 saturated heterocycles. The van der Waals surface area contributed by atoms with Crippen LogP contribution in [-0.2, 0) is 0 Å². The number of hydrogen-bond acceptors (Lipinski definition) is 2. The van der Waals surface area contributed by atoms with Gasteiger partial charge in [-0.15, -0.1) is 0 Å². The summed E-state index contributed by atoms with van der Waals surface area (Å²) in [6.07, 6.45) is 3.62. The molecule has 2 N–H and O–H groups in total. The highest BCUT2D eigenvalue weighted by Gasteiger charge is 2.02. The van der Waals surface area contributed by atoms with Crippen molar-refractivity contribution in [1.29, 1.82) is 0 Å². The van der Waals surface area contributed by atoms with Crippen LogP contribution in [0.1, 0.15) is 0 Å². The first-order valence-electron chi connectivity index (χ1n) is 5.23. The van der Waals surface area contributed by atoms with Crippen LogP contribution in [0.3, 0.4) is 0 Å². The first kappa shape index (κ1) is 9.72. The molecule has 0 spiro atoms. The number of aromatic hydroxyl groups is 1. The molecule has 0 fully saturated rings. The number of H-pyrrole nitrogens is 1. The van der Waals surface area contributed by atoms with Gasteiger partial charge in [-0.2, -0.15) is 0 Å². The minimum Gasteiger partial charge on any atom is -0.508 e. The number of aromatic amines is 1. The van der Waals surface area contributed by atoms with E-state index in [0.29, 0.717) is 0 Å².